The number of methoxy groups -OCH3 is 1. The fraction of sp³-hybridized carbons (Fsp3) is 0.310. The van der Waals surface area contributed by atoms with Crippen molar-refractivity contribution in [2.75, 3.05) is 37.4 Å². The van der Waals surface area contributed by atoms with Crippen LogP contribution >= 0.6 is 0 Å². The van der Waals surface area contributed by atoms with Crippen LogP contribution in [0.15, 0.2) is 78.9 Å². The Morgan fingerprint density at radius 3 is 2.37 bits per heavy atom. The SMILES string of the molecule is COc1ccc(CCN2CCC(Nc3nc(NCc4ccccc4)c4ccccc4n3)CC2)cc1. The maximum atomic E-state index is 5.26. The van der Waals surface area contributed by atoms with Gasteiger partial charge in [-0.1, -0.05) is 54.6 Å². The summed E-state index contributed by atoms with van der Waals surface area (Å²) >= 11 is 0. The van der Waals surface area contributed by atoms with Crippen molar-refractivity contribution in [1.82, 2.24) is 14.9 Å². The number of hydrogen-bond acceptors (Lipinski definition) is 6. The summed E-state index contributed by atoms with van der Waals surface area (Å²) < 4.78 is 5.26. The van der Waals surface area contributed by atoms with Gasteiger partial charge in [-0.15, -0.1) is 0 Å². The fourth-order valence-corrected chi connectivity index (χ4v) is 4.62. The third kappa shape index (κ3) is 6.08. The quantitative estimate of drug-likeness (QED) is 0.345. The van der Waals surface area contributed by atoms with E-state index >= 15 is 0 Å². The normalized spacial score (nSPS) is 14.7. The summed E-state index contributed by atoms with van der Waals surface area (Å²) in [6, 6.07) is 27.4. The highest BCUT2D eigenvalue weighted by Gasteiger charge is 2.20. The van der Waals surface area contributed by atoms with Crippen LogP contribution in [-0.4, -0.2) is 47.7 Å². The van der Waals surface area contributed by atoms with Gasteiger partial charge in [-0.3, -0.25) is 0 Å². The van der Waals surface area contributed by atoms with Gasteiger partial charge in [0.05, 0.1) is 12.6 Å². The molecule has 4 aromatic rings. The lowest BCUT2D eigenvalue weighted by Gasteiger charge is -2.32. The van der Waals surface area contributed by atoms with Crippen LogP contribution in [0, 0.1) is 0 Å². The molecular formula is C29H33N5O. The van der Waals surface area contributed by atoms with Crippen LogP contribution in [-0.2, 0) is 13.0 Å². The Labute approximate surface area is 207 Å². The number of nitrogens with one attached hydrogen (secondary N) is 2. The summed E-state index contributed by atoms with van der Waals surface area (Å²) in [5.74, 6) is 2.49. The molecule has 35 heavy (non-hydrogen) atoms. The van der Waals surface area contributed by atoms with E-state index in [0.29, 0.717) is 12.0 Å². The van der Waals surface area contributed by atoms with Gasteiger partial charge < -0.3 is 20.3 Å². The van der Waals surface area contributed by atoms with E-state index in [1.807, 2.05) is 30.3 Å². The fourth-order valence-electron chi connectivity index (χ4n) is 4.62. The molecule has 2 N–H and O–H groups in total. The Bertz CT molecular complexity index is 1220. The van der Waals surface area contributed by atoms with Crippen LogP contribution in [0.2, 0.25) is 0 Å². The predicted octanol–water partition coefficient (Wildman–Crippen LogP) is 5.37. The number of ether oxygens (including phenoxy) is 1. The Kier molecular flexibility index (Phi) is 7.39. The van der Waals surface area contributed by atoms with Crippen molar-refractivity contribution in [2.45, 2.75) is 31.8 Å². The van der Waals surface area contributed by atoms with Crippen molar-refractivity contribution in [3.63, 3.8) is 0 Å². The molecule has 1 aliphatic rings. The highest BCUT2D eigenvalue weighted by molar-refractivity contribution is 5.90. The molecule has 180 valence electrons. The van der Waals surface area contributed by atoms with Crippen LogP contribution in [0.25, 0.3) is 10.9 Å². The van der Waals surface area contributed by atoms with E-state index in [1.54, 1.807) is 7.11 Å². The van der Waals surface area contributed by atoms with Crippen molar-refractivity contribution < 1.29 is 4.74 Å². The minimum atomic E-state index is 0.385. The lowest BCUT2D eigenvalue weighted by atomic mass is 10.0. The maximum Gasteiger partial charge on any atom is 0.225 e. The van der Waals surface area contributed by atoms with Crippen molar-refractivity contribution in [2.24, 2.45) is 0 Å². The Hall–Kier alpha value is -3.64. The number of para-hydroxylation sites is 1. The summed E-state index contributed by atoms with van der Waals surface area (Å²) in [6.07, 6.45) is 3.24. The molecular weight excluding hydrogens is 434 g/mol. The van der Waals surface area contributed by atoms with Crippen LogP contribution < -0.4 is 15.4 Å². The number of hydrogen-bond donors (Lipinski definition) is 2. The molecule has 1 saturated heterocycles. The van der Waals surface area contributed by atoms with Gasteiger partial charge in [0, 0.05) is 37.6 Å². The third-order valence-electron chi connectivity index (χ3n) is 6.70. The van der Waals surface area contributed by atoms with Crippen molar-refractivity contribution in [1.29, 1.82) is 0 Å². The number of rotatable bonds is 9. The topological polar surface area (TPSA) is 62.3 Å². The van der Waals surface area contributed by atoms with Gasteiger partial charge in [0.2, 0.25) is 5.95 Å². The van der Waals surface area contributed by atoms with Gasteiger partial charge >= 0.3 is 0 Å². The molecule has 1 fully saturated rings. The Morgan fingerprint density at radius 2 is 1.60 bits per heavy atom. The molecule has 1 aliphatic heterocycles. The first-order chi connectivity index (χ1) is 17.3. The first-order valence-electron chi connectivity index (χ1n) is 12.4. The Balaban J connectivity index is 1.18. The van der Waals surface area contributed by atoms with E-state index in [1.165, 1.54) is 11.1 Å². The zero-order chi connectivity index (χ0) is 23.9. The zero-order valence-electron chi connectivity index (χ0n) is 20.3. The molecule has 0 saturated carbocycles. The number of likely N-dealkylation sites (tertiary alicyclic amines) is 1. The number of nitrogens with zero attached hydrogens (tertiary/aromatic N) is 3. The minimum Gasteiger partial charge on any atom is -0.497 e. The predicted molar refractivity (Wildman–Crippen MR) is 143 cm³/mol. The molecule has 1 aromatic heterocycles. The average molecular weight is 468 g/mol. The first-order valence-corrected chi connectivity index (χ1v) is 12.4. The van der Waals surface area contributed by atoms with E-state index in [-0.39, 0.29) is 0 Å². The Morgan fingerprint density at radius 1 is 0.857 bits per heavy atom. The van der Waals surface area contributed by atoms with E-state index in [9.17, 15) is 0 Å². The summed E-state index contributed by atoms with van der Waals surface area (Å²) in [6.45, 7) is 3.98. The van der Waals surface area contributed by atoms with Gasteiger partial charge in [0.15, 0.2) is 0 Å². The van der Waals surface area contributed by atoms with E-state index in [4.69, 9.17) is 14.7 Å². The van der Waals surface area contributed by atoms with Crippen molar-refractivity contribution in [3.05, 3.63) is 90.0 Å². The van der Waals surface area contributed by atoms with Gasteiger partial charge in [0.1, 0.15) is 11.6 Å². The molecule has 0 atom stereocenters. The van der Waals surface area contributed by atoms with E-state index < -0.39 is 0 Å². The summed E-state index contributed by atoms with van der Waals surface area (Å²) in [5, 5.41) is 8.18. The lowest BCUT2D eigenvalue weighted by molar-refractivity contribution is 0.221. The average Bonchev–Trinajstić information content (AvgIpc) is 2.92. The smallest absolute Gasteiger partial charge is 0.225 e. The molecule has 0 unspecified atom stereocenters. The second-order valence-corrected chi connectivity index (χ2v) is 9.11. The second-order valence-electron chi connectivity index (χ2n) is 9.11. The molecule has 0 spiro atoms. The minimum absolute atomic E-state index is 0.385. The molecule has 2 heterocycles. The molecule has 5 rings (SSSR count). The standard InChI is InChI=1S/C29H33N5O/c1-35-25-13-11-22(12-14-25)15-18-34-19-16-24(17-20-34)31-29-32-27-10-6-5-9-26(27)28(33-29)30-21-23-7-3-2-4-8-23/h2-14,24H,15-21H2,1H3,(H2,30,31,32,33). The van der Waals surface area contributed by atoms with E-state index in [0.717, 1.165) is 67.9 Å². The number of aromatic nitrogens is 2. The van der Waals surface area contributed by atoms with Gasteiger partial charge in [-0.05, 0) is 54.7 Å². The molecule has 6 nitrogen and oxygen atoms in total. The van der Waals surface area contributed by atoms with Gasteiger partial charge in [-0.25, -0.2) is 4.98 Å². The number of fused-ring (bicyclic) bond motifs is 1. The van der Waals surface area contributed by atoms with Gasteiger partial charge in [-0.2, -0.15) is 4.98 Å². The monoisotopic (exact) mass is 467 g/mol. The molecule has 0 amide bonds. The molecule has 3 aromatic carbocycles. The van der Waals surface area contributed by atoms with Crippen LogP contribution in [0.3, 0.4) is 0 Å². The van der Waals surface area contributed by atoms with Crippen LogP contribution in [0.4, 0.5) is 11.8 Å². The zero-order valence-corrected chi connectivity index (χ0v) is 20.3. The third-order valence-corrected chi connectivity index (χ3v) is 6.70. The molecule has 0 aliphatic carbocycles. The number of benzene rings is 3. The number of piperidine rings is 1. The van der Waals surface area contributed by atoms with Crippen LogP contribution in [0.5, 0.6) is 5.75 Å². The number of anilines is 2. The van der Waals surface area contributed by atoms with Crippen molar-refractivity contribution in [3.8, 4) is 5.75 Å². The van der Waals surface area contributed by atoms with Crippen molar-refractivity contribution >= 4 is 22.7 Å². The molecule has 0 radical (unpaired) electrons. The molecule has 6 heteroatoms. The molecule has 0 bridgehead atoms. The van der Waals surface area contributed by atoms with Crippen LogP contribution in [0.1, 0.15) is 24.0 Å². The lowest BCUT2D eigenvalue weighted by Crippen LogP contribution is -2.40. The second kappa shape index (κ2) is 11.2. The summed E-state index contributed by atoms with van der Waals surface area (Å²) in [4.78, 5) is 12.2. The van der Waals surface area contributed by atoms with Gasteiger partial charge in [0.25, 0.3) is 0 Å². The van der Waals surface area contributed by atoms with E-state index in [2.05, 4.69) is 64.1 Å². The summed E-state index contributed by atoms with van der Waals surface area (Å²) in [7, 11) is 1.71. The largest absolute Gasteiger partial charge is 0.497 e. The summed E-state index contributed by atoms with van der Waals surface area (Å²) in [5.41, 5.74) is 3.54. The first kappa shape index (κ1) is 23.1. The maximum absolute atomic E-state index is 5.26. The highest BCUT2D eigenvalue weighted by atomic mass is 16.5. The highest BCUT2D eigenvalue weighted by Crippen LogP contribution is 2.24.